The average molecular weight is 446 g/mol. The van der Waals surface area contributed by atoms with Crippen molar-refractivity contribution in [3.63, 3.8) is 0 Å². The summed E-state index contributed by atoms with van der Waals surface area (Å²) in [5, 5.41) is 13.7. The fourth-order valence-electron chi connectivity index (χ4n) is 3.00. The number of aromatic hydroxyl groups is 1. The molecule has 0 saturated heterocycles. The van der Waals surface area contributed by atoms with Gasteiger partial charge in [0.25, 0.3) is 5.91 Å². The van der Waals surface area contributed by atoms with Crippen molar-refractivity contribution in [1.29, 1.82) is 0 Å². The Labute approximate surface area is 180 Å². The quantitative estimate of drug-likeness (QED) is 0.552. The fourth-order valence-corrected chi connectivity index (χ4v) is 4.78. The van der Waals surface area contributed by atoms with Crippen LogP contribution in [-0.4, -0.2) is 26.5 Å². The van der Waals surface area contributed by atoms with Crippen LogP contribution in [0.3, 0.4) is 0 Å². The number of benzene rings is 3. The van der Waals surface area contributed by atoms with Crippen molar-refractivity contribution in [3.8, 4) is 11.5 Å². The molecule has 30 heavy (non-hydrogen) atoms. The van der Waals surface area contributed by atoms with Gasteiger partial charge in [-0.15, -0.1) is 0 Å². The number of hydrogen-bond donors (Lipinski definition) is 2. The zero-order chi connectivity index (χ0) is 22.1. The lowest BCUT2D eigenvalue weighted by atomic mass is 10.1. The molecule has 0 unspecified atom stereocenters. The van der Waals surface area contributed by atoms with Crippen LogP contribution in [0.25, 0.3) is 0 Å². The molecule has 6 nitrogen and oxygen atoms in total. The molecule has 0 saturated carbocycles. The van der Waals surface area contributed by atoms with Gasteiger partial charge in [0.15, 0.2) is 0 Å². The Morgan fingerprint density at radius 1 is 1.03 bits per heavy atom. The number of carbonyl (C=O) groups is 1. The van der Waals surface area contributed by atoms with E-state index in [0.717, 1.165) is 0 Å². The van der Waals surface area contributed by atoms with Gasteiger partial charge in [-0.2, -0.15) is 0 Å². The van der Waals surface area contributed by atoms with Gasteiger partial charge in [0.1, 0.15) is 16.4 Å². The van der Waals surface area contributed by atoms with Crippen LogP contribution < -0.4 is 10.1 Å². The summed E-state index contributed by atoms with van der Waals surface area (Å²) in [7, 11) is -2.52. The van der Waals surface area contributed by atoms with Gasteiger partial charge in [-0.05, 0) is 79.6 Å². The van der Waals surface area contributed by atoms with Crippen LogP contribution in [0.15, 0.2) is 64.4 Å². The van der Waals surface area contributed by atoms with E-state index in [1.165, 1.54) is 44.4 Å². The first-order valence-electron chi connectivity index (χ1n) is 8.94. The molecule has 0 bridgehead atoms. The number of nitrogens with one attached hydrogen (secondary N) is 1. The van der Waals surface area contributed by atoms with Gasteiger partial charge < -0.3 is 15.2 Å². The van der Waals surface area contributed by atoms with E-state index in [1.807, 2.05) is 0 Å². The minimum absolute atomic E-state index is 0.0108. The number of aryl methyl sites for hydroxylation is 1. The smallest absolute Gasteiger partial charge is 0.255 e. The highest BCUT2D eigenvalue weighted by Gasteiger charge is 2.27. The molecule has 1 amide bonds. The molecule has 156 valence electrons. The maximum absolute atomic E-state index is 13.2. The van der Waals surface area contributed by atoms with E-state index in [4.69, 9.17) is 16.3 Å². The minimum Gasteiger partial charge on any atom is -0.506 e. The number of hydrogen-bond acceptors (Lipinski definition) is 5. The largest absolute Gasteiger partial charge is 0.506 e. The van der Waals surface area contributed by atoms with Crippen LogP contribution in [0.4, 0.5) is 5.69 Å². The highest BCUT2D eigenvalue weighted by molar-refractivity contribution is 7.91. The summed E-state index contributed by atoms with van der Waals surface area (Å²) in [6.45, 7) is 3.10. The van der Waals surface area contributed by atoms with Crippen LogP contribution in [-0.2, 0) is 9.84 Å². The van der Waals surface area contributed by atoms with E-state index in [9.17, 15) is 18.3 Å². The zero-order valence-corrected chi connectivity index (χ0v) is 18.1. The Balaban J connectivity index is 2.04. The first kappa shape index (κ1) is 21.7. The van der Waals surface area contributed by atoms with Crippen molar-refractivity contribution in [2.75, 3.05) is 12.4 Å². The van der Waals surface area contributed by atoms with Crippen LogP contribution in [0.5, 0.6) is 11.5 Å². The molecule has 0 aliphatic rings. The molecule has 2 N–H and O–H groups in total. The zero-order valence-electron chi connectivity index (χ0n) is 16.6. The SMILES string of the molecule is COc1ccc(C(=O)Nc2cc(C)c(O)c(S(=O)(=O)c3ccc(Cl)cc3)c2C)cc1. The Hall–Kier alpha value is -3.03. The van der Waals surface area contributed by atoms with Gasteiger partial charge in [-0.3, -0.25) is 4.79 Å². The number of carbonyl (C=O) groups excluding carboxylic acids is 1. The predicted molar refractivity (Wildman–Crippen MR) is 115 cm³/mol. The van der Waals surface area contributed by atoms with Crippen molar-refractivity contribution in [2.45, 2.75) is 23.6 Å². The molecule has 3 aromatic rings. The number of anilines is 1. The molecule has 0 heterocycles. The standard InChI is InChI=1S/C22H20ClNO5S/c1-13-12-19(24-22(26)15-4-8-17(29-3)9-5-15)14(2)21(20(13)25)30(27,28)18-10-6-16(23)7-11-18/h4-12,25H,1-3H3,(H,24,26). The number of rotatable bonds is 5. The number of ether oxygens (including phenoxy) is 1. The summed E-state index contributed by atoms with van der Waals surface area (Å²) in [4.78, 5) is 12.4. The fraction of sp³-hybridized carbons (Fsp3) is 0.136. The van der Waals surface area contributed by atoms with Crippen molar-refractivity contribution in [3.05, 3.63) is 76.3 Å². The van der Waals surface area contributed by atoms with E-state index in [0.29, 0.717) is 27.6 Å². The number of methoxy groups -OCH3 is 1. The molecule has 0 radical (unpaired) electrons. The summed E-state index contributed by atoms with van der Waals surface area (Å²) in [5.74, 6) is -0.162. The van der Waals surface area contributed by atoms with Gasteiger partial charge in [-0.1, -0.05) is 11.6 Å². The van der Waals surface area contributed by atoms with Crippen molar-refractivity contribution >= 4 is 33.0 Å². The molecule has 0 atom stereocenters. The van der Waals surface area contributed by atoms with Gasteiger partial charge in [0, 0.05) is 16.3 Å². The first-order valence-corrected chi connectivity index (χ1v) is 10.8. The van der Waals surface area contributed by atoms with Crippen LogP contribution in [0.1, 0.15) is 21.5 Å². The lowest BCUT2D eigenvalue weighted by Gasteiger charge is -2.17. The molecule has 0 spiro atoms. The van der Waals surface area contributed by atoms with Crippen LogP contribution >= 0.6 is 11.6 Å². The lowest BCUT2D eigenvalue weighted by molar-refractivity contribution is 0.102. The normalized spacial score (nSPS) is 11.2. The third kappa shape index (κ3) is 4.13. The van der Waals surface area contributed by atoms with E-state index in [-0.39, 0.29) is 21.1 Å². The van der Waals surface area contributed by atoms with Gasteiger partial charge in [-0.25, -0.2) is 8.42 Å². The first-order chi connectivity index (χ1) is 14.1. The van der Waals surface area contributed by atoms with Crippen LogP contribution in [0, 0.1) is 13.8 Å². The highest BCUT2D eigenvalue weighted by Crippen LogP contribution is 2.38. The van der Waals surface area contributed by atoms with Crippen LogP contribution in [0.2, 0.25) is 5.02 Å². The maximum Gasteiger partial charge on any atom is 0.255 e. The Kier molecular flexibility index (Phi) is 6.05. The van der Waals surface area contributed by atoms with Crippen molar-refractivity contribution in [2.24, 2.45) is 0 Å². The third-order valence-corrected chi connectivity index (χ3v) is 6.87. The van der Waals surface area contributed by atoms with Crippen molar-refractivity contribution < 1.29 is 23.1 Å². The number of phenolic OH excluding ortho intramolecular Hbond substituents is 1. The number of amides is 1. The number of phenols is 1. The molecule has 3 aromatic carbocycles. The molecular weight excluding hydrogens is 426 g/mol. The van der Waals surface area contributed by atoms with Gasteiger partial charge in [0.05, 0.1) is 12.0 Å². The molecule has 0 aromatic heterocycles. The Morgan fingerprint density at radius 2 is 1.63 bits per heavy atom. The number of sulfone groups is 1. The summed E-state index contributed by atoms with van der Waals surface area (Å²) < 4.78 is 31.5. The van der Waals surface area contributed by atoms with Crippen molar-refractivity contribution in [1.82, 2.24) is 0 Å². The monoisotopic (exact) mass is 445 g/mol. The molecule has 0 fully saturated rings. The number of halogens is 1. The van der Waals surface area contributed by atoms with E-state index < -0.39 is 15.7 Å². The molecule has 0 aliphatic carbocycles. The van der Waals surface area contributed by atoms with E-state index in [1.54, 1.807) is 31.2 Å². The Morgan fingerprint density at radius 3 is 2.20 bits per heavy atom. The molecule has 3 rings (SSSR count). The van der Waals surface area contributed by atoms with E-state index in [2.05, 4.69) is 5.32 Å². The summed E-state index contributed by atoms with van der Waals surface area (Å²) in [5.41, 5.74) is 1.22. The summed E-state index contributed by atoms with van der Waals surface area (Å²) >= 11 is 5.86. The second-order valence-electron chi connectivity index (χ2n) is 6.68. The molecule has 0 aliphatic heterocycles. The highest BCUT2D eigenvalue weighted by atomic mass is 35.5. The summed E-state index contributed by atoms with van der Waals surface area (Å²) in [6.07, 6.45) is 0. The minimum atomic E-state index is -4.05. The molecule has 8 heteroatoms. The van der Waals surface area contributed by atoms with Gasteiger partial charge in [0.2, 0.25) is 9.84 Å². The second-order valence-corrected chi connectivity index (χ2v) is 9.01. The second kappa shape index (κ2) is 8.38. The summed E-state index contributed by atoms with van der Waals surface area (Å²) in [6, 6.07) is 13.7. The average Bonchev–Trinajstić information content (AvgIpc) is 2.72. The topological polar surface area (TPSA) is 92.7 Å². The van der Waals surface area contributed by atoms with Gasteiger partial charge >= 0.3 is 0 Å². The predicted octanol–water partition coefficient (Wildman–Crippen LogP) is 4.76. The lowest BCUT2D eigenvalue weighted by Crippen LogP contribution is -2.15. The third-order valence-electron chi connectivity index (χ3n) is 4.69. The Bertz CT molecular complexity index is 1200. The maximum atomic E-state index is 13.2. The molecular formula is C22H20ClNO5S. The van der Waals surface area contributed by atoms with E-state index >= 15 is 0 Å².